The smallest absolute Gasteiger partial charge is 0.293 e. The highest BCUT2D eigenvalue weighted by Crippen LogP contribution is 2.19. The third-order valence-corrected chi connectivity index (χ3v) is 2.54. The number of nitrogens with two attached hydrogens (primary N) is 1. The molecule has 0 fully saturated rings. The normalized spacial score (nSPS) is 10.2. The van der Waals surface area contributed by atoms with Gasteiger partial charge in [-0.3, -0.25) is 9.89 Å². The van der Waals surface area contributed by atoms with Crippen LogP contribution in [0.1, 0.15) is 10.6 Å². The Hall–Kier alpha value is -1.96. The molecule has 0 aliphatic heterocycles. The van der Waals surface area contributed by atoms with E-state index in [-0.39, 0.29) is 11.8 Å². The van der Waals surface area contributed by atoms with Crippen molar-refractivity contribution in [2.24, 2.45) is 0 Å². The summed E-state index contributed by atoms with van der Waals surface area (Å²) in [6.45, 7) is 0. The number of rotatable bonds is 2. The minimum Gasteiger partial charge on any atom is -0.366 e. The van der Waals surface area contributed by atoms with E-state index in [2.05, 4.69) is 36.4 Å². The molecule has 0 saturated carbocycles. The van der Waals surface area contributed by atoms with E-state index in [9.17, 15) is 9.18 Å². The molecule has 0 aliphatic carbocycles. The summed E-state index contributed by atoms with van der Waals surface area (Å²) in [7, 11) is 0. The van der Waals surface area contributed by atoms with Gasteiger partial charge in [0.15, 0.2) is 0 Å². The Morgan fingerprint density at radius 3 is 2.88 bits per heavy atom. The predicted octanol–water partition coefficient (Wildman–Crippen LogP) is 1.54. The lowest BCUT2D eigenvalue weighted by Gasteiger charge is -2.03. The SMILES string of the molecule is Nc1n[nH]c(C(=O)Nc2ccc(Br)c(F)c2)n1. The lowest BCUT2D eigenvalue weighted by atomic mass is 10.3. The summed E-state index contributed by atoms with van der Waals surface area (Å²) in [5.74, 6) is -1.08. The summed E-state index contributed by atoms with van der Waals surface area (Å²) in [6.07, 6.45) is 0. The van der Waals surface area contributed by atoms with Gasteiger partial charge in [-0.05, 0) is 34.1 Å². The van der Waals surface area contributed by atoms with Crippen molar-refractivity contribution in [2.75, 3.05) is 11.1 Å². The van der Waals surface area contributed by atoms with Gasteiger partial charge in [-0.1, -0.05) is 0 Å². The Morgan fingerprint density at radius 2 is 2.29 bits per heavy atom. The van der Waals surface area contributed by atoms with Gasteiger partial charge < -0.3 is 11.1 Å². The van der Waals surface area contributed by atoms with Crippen LogP contribution in [0.2, 0.25) is 0 Å². The van der Waals surface area contributed by atoms with Crippen molar-refractivity contribution in [1.29, 1.82) is 0 Å². The number of halogens is 2. The van der Waals surface area contributed by atoms with Crippen molar-refractivity contribution in [3.8, 4) is 0 Å². The zero-order chi connectivity index (χ0) is 12.4. The number of hydrogen-bond acceptors (Lipinski definition) is 4. The predicted molar refractivity (Wildman–Crippen MR) is 62.8 cm³/mol. The maximum absolute atomic E-state index is 13.2. The minimum atomic E-state index is -0.545. The van der Waals surface area contributed by atoms with E-state index in [1.807, 2.05) is 0 Å². The average Bonchev–Trinajstić information content (AvgIpc) is 2.70. The number of hydrogen-bond donors (Lipinski definition) is 3. The maximum atomic E-state index is 13.2. The molecule has 2 aromatic rings. The lowest BCUT2D eigenvalue weighted by Crippen LogP contribution is -2.14. The van der Waals surface area contributed by atoms with E-state index in [1.54, 1.807) is 6.07 Å². The zero-order valence-electron chi connectivity index (χ0n) is 8.37. The first kappa shape index (κ1) is 11.5. The standard InChI is InChI=1S/C9H7BrFN5O/c10-5-2-1-4(3-6(5)11)13-8(17)7-14-9(12)16-15-7/h1-3H,(H,13,17)(H3,12,14,15,16). The average molecular weight is 300 g/mol. The molecule has 88 valence electrons. The Bertz CT molecular complexity index is 570. The van der Waals surface area contributed by atoms with E-state index in [0.29, 0.717) is 10.2 Å². The minimum absolute atomic E-state index is 0.0304. The fourth-order valence-corrected chi connectivity index (χ4v) is 1.39. The van der Waals surface area contributed by atoms with E-state index in [1.165, 1.54) is 12.1 Å². The number of benzene rings is 1. The van der Waals surface area contributed by atoms with Gasteiger partial charge in [0.05, 0.1) is 4.47 Å². The Morgan fingerprint density at radius 1 is 1.53 bits per heavy atom. The summed E-state index contributed by atoms with van der Waals surface area (Å²) in [5.41, 5.74) is 5.56. The monoisotopic (exact) mass is 299 g/mol. The molecule has 1 aromatic heterocycles. The van der Waals surface area contributed by atoms with Crippen LogP contribution in [0.4, 0.5) is 16.0 Å². The molecular formula is C9H7BrFN5O. The van der Waals surface area contributed by atoms with Gasteiger partial charge in [0.2, 0.25) is 11.8 Å². The van der Waals surface area contributed by atoms with E-state index in [4.69, 9.17) is 5.73 Å². The first-order valence-electron chi connectivity index (χ1n) is 4.50. The van der Waals surface area contributed by atoms with Crippen LogP contribution in [-0.2, 0) is 0 Å². The Balaban J connectivity index is 2.15. The maximum Gasteiger partial charge on any atom is 0.293 e. The van der Waals surface area contributed by atoms with Gasteiger partial charge in [0.25, 0.3) is 5.91 Å². The first-order chi connectivity index (χ1) is 8.06. The second kappa shape index (κ2) is 4.50. The van der Waals surface area contributed by atoms with Crippen LogP contribution in [0.25, 0.3) is 0 Å². The second-order valence-electron chi connectivity index (χ2n) is 3.13. The third kappa shape index (κ3) is 2.59. The molecule has 0 atom stereocenters. The molecule has 1 aromatic carbocycles. The largest absolute Gasteiger partial charge is 0.366 e. The molecular weight excluding hydrogens is 293 g/mol. The number of carbonyl (C=O) groups excluding carboxylic acids is 1. The van der Waals surface area contributed by atoms with Gasteiger partial charge in [-0.15, -0.1) is 5.10 Å². The number of aromatic nitrogens is 3. The molecule has 6 nitrogen and oxygen atoms in total. The van der Waals surface area contributed by atoms with Crippen molar-refractivity contribution in [3.63, 3.8) is 0 Å². The molecule has 0 saturated heterocycles. The van der Waals surface area contributed by atoms with Gasteiger partial charge >= 0.3 is 0 Å². The molecule has 0 spiro atoms. The van der Waals surface area contributed by atoms with Crippen LogP contribution in [-0.4, -0.2) is 21.1 Å². The quantitative estimate of drug-likeness (QED) is 0.783. The van der Waals surface area contributed by atoms with Crippen molar-refractivity contribution < 1.29 is 9.18 Å². The molecule has 2 rings (SSSR count). The van der Waals surface area contributed by atoms with E-state index >= 15 is 0 Å². The highest BCUT2D eigenvalue weighted by molar-refractivity contribution is 9.10. The van der Waals surface area contributed by atoms with Crippen molar-refractivity contribution in [1.82, 2.24) is 15.2 Å². The Labute approximate surface area is 104 Å². The van der Waals surface area contributed by atoms with Crippen molar-refractivity contribution >= 4 is 33.5 Å². The molecule has 8 heteroatoms. The number of H-pyrrole nitrogens is 1. The van der Waals surface area contributed by atoms with E-state index in [0.717, 1.165) is 0 Å². The van der Waals surface area contributed by atoms with Crippen LogP contribution < -0.4 is 11.1 Å². The van der Waals surface area contributed by atoms with Gasteiger partial charge in [-0.2, -0.15) is 4.98 Å². The van der Waals surface area contributed by atoms with Crippen LogP contribution in [0.15, 0.2) is 22.7 Å². The number of nitrogen functional groups attached to an aromatic ring is 1. The van der Waals surface area contributed by atoms with Crippen LogP contribution in [0, 0.1) is 5.82 Å². The number of amides is 1. The highest BCUT2D eigenvalue weighted by atomic mass is 79.9. The number of aromatic amines is 1. The van der Waals surface area contributed by atoms with Gasteiger partial charge in [0, 0.05) is 5.69 Å². The molecule has 1 amide bonds. The highest BCUT2D eigenvalue weighted by Gasteiger charge is 2.11. The molecule has 0 aliphatic rings. The third-order valence-electron chi connectivity index (χ3n) is 1.90. The molecule has 4 N–H and O–H groups in total. The first-order valence-corrected chi connectivity index (χ1v) is 5.30. The summed E-state index contributed by atoms with van der Waals surface area (Å²) in [6, 6.07) is 4.21. The van der Waals surface area contributed by atoms with Crippen LogP contribution in [0.3, 0.4) is 0 Å². The topological polar surface area (TPSA) is 96.7 Å². The lowest BCUT2D eigenvalue weighted by molar-refractivity contribution is 0.101. The molecule has 0 unspecified atom stereocenters. The second-order valence-corrected chi connectivity index (χ2v) is 3.98. The molecule has 17 heavy (non-hydrogen) atoms. The number of carbonyl (C=O) groups is 1. The van der Waals surface area contributed by atoms with Crippen LogP contribution in [0.5, 0.6) is 0 Å². The van der Waals surface area contributed by atoms with Crippen molar-refractivity contribution in [2.45, 2.75) is 0 Å². The van der Waals surface area contributed by atoms with Gasteiger partial charge in [-0.25, -0.2) is 4.39 Å². The summed E-state index contributed by atoms with van der Waals surface area (Å²) >= 11 is 3.01. The molecule has 0 radical (unpaired) electrons. The molecule has 1 heterocycles. The fourth-order valence-electron chi connectivity index (χ4n) is 1.14. The fraction of sp³-hybridized carbons (Fsp3) is 0. The van der Waals surface area contributed by atoms with E-state index < -0.39 is 11.7 Å². The summed E-state index contributed by atoms with van der Waals surface area (Å²) in [4.78, 5) is 15.2. The Kier molecular flexibility index (Phi) is 3.05. The number of nitrogens with zero attached hydrogens (tertiary/aromatic N) is 2. The molecule has 0 bridgehead atoms. The van der Waals surface area contributed by atoms with Crippen molar-refractivity contribution in [3.05, 3.63) is 34.3 Å². The van der Waals surface area contributed by atoms with Crippen LogP contribution >= 0.6 is 15.9 Å². The van der Waals surface area contributed by atoms with Gasteiger partial charge in [0.1, 0.15) is 5.82 Å². The zero-order valence-corrected chi connectivity index (χ0v) is 9.95. The number of anilines is 2. The number of nitrogens with one attached hydrogen (secondary N) is 2. The summed E-state index contributed by atoms with van der Waals surface area (Å²) in [5, 5.41) is 8.31. The summed E-state index contributed by atoms with van der Waals surface area (Å²) < 4.78 is 13.5.